The lowest BCUT2D eigenvalue weighted by molar-refractivity contribution is 0.0998. The van der Waals surface area contributed by atoms with E-state index in [-0.39, 0.29) is 6.61 Å². The van der Waals surface area contributed by atoms with Crippen LogP contribution in [0.4, 0.5) is 0 Å². The third kappa shape index (κ3) is 4.20. The van der Waals surface area contributed by atoms with Gasteiger partial charge in [-0.2, -0.15) is 5.10 Å². The topological polar surface area (TPSA) is 114 Å². The highest BCUT2D eigenvalue weighted by atomic mass is 16.5. The number of aromatic amines is 1. The molecule has 7 nitrogen and oxygen atoms in total. The molecule has 146 valence electrons. The number of hydrogen-bond acceptors (Lipinski definition) is 5. The van der Waals surface area contributed by atoms with Crippen LogP contribution in [0, 0.1) is 6.92 Å². The molecule has 0 fully saturated rings. The number of nitrogens with one attached hydrogen (secondary N) is 1. The first kappa shape index (κ1) is 19.6. The fraction of sp³-hybridized carbons (Fsp3) is 0.286. The number of aromatic nitrogens is 3. The van der Waals surface area contributed by atoms with Gasteiger partial charge >= 0.3 is 0 Å². The number of methoxy groups -OCH3 is 1. The number of aliphatic hydroxyl groups excluding tert-OH is 1. The molecule has 2 heterocycles. The van der Waals surface area contributed by atoms with Crippen LogP contribution in [-0.4, -0.2) is 33.3 Å². The molecule has 0 spiro atoms. The third-order valence-corrected chi connectivity index (χ3v) is 4.78. The van der Waals surface area contributed by atoms with Gasteiger partial charge in [0.1, 0.15) is 5.75 Å². The zero-order valence-electron chi connectivity index (χ0n) is 16.0. The second kappa shape index (κ2) is 8.67. The molecule has 0 saturated heterocycles. The zero-order chi connectivity index (χ0) is 20.1. The van der Waals surface area contributed by atoms with Gasteiger partial charge in [0.15, 0.2) is 0 Å². The van der Waals surface area contributed by atoms with Crippen LogP contribution in [0.3, 0.4) is 0 Å². The Bertz CT molecular complexity index is 967. The second-order valence-corrected chi connectivity index (χ2v) is 6.67. The Hall–Kier alpha value is -3.19. The minimum absolute atomic E-state index is 0.0599. The van der Waals surface area contributed by atoms with Crippen LogP contribution in [0.25, 0.3) is 0 Å². The van der Waals surface area contributed by atoms with E-state index in [2.05, 4.69) is 15.2 Å². The Balaban J connectivity index is 1.84. The summed E-state index contributed by atoms with van der Waals surface area (Å²) in [5.74, 6) is 0.258. The Morgan fingerprint density at radius 3 is 2.75 bits per heavy atom. The summed E-state index contributed by atoms with van der Waals surface area (Å²) < 4.78 is 5.39. The molecule has 3 aromatic rings. The van der Waals surface area contributed by atoms with Gasteiger partial charge in [0.2, 0.25) is 0 Å². The number of nitrogens with two attached hydrogens (primary N) is 1. The highest BCUT2D eigenvalue weighted by molar-refractivity contribution is 5.95. The summed E-state index contributed by atoms with van der Waals surface area (Å²) in [6.07, 6.45) is 5.06. The van der Waals surface area contributed by atoms with E-state index < -0.39 is 5.91 Å². The van der Waals surface area contributed by atoms with E-state index in [0.717, 1.165) is 28.0 Å². The maximum absolute atomic E-state index is 12.1. The predicted octanol–water partition coefficient (Wildman–Crippen LogP) is 2.09. The summed E-state index contributed by atoms with van der Waals surface area (Å²) in [4.78, 5) is 16.2. The molecule has 1 aromatic carbocycles. The van der Waals surface area contributed by atoms with Crippen LogP contribution in [0.1, 0.15) is 44.0 Å². The van der Waals surface area contributed by atoms with Crippen molar-refractivity contribution in [2.24, 2.45) is 5.73 Å². The number of ether oxygens (including phenoxy) is 1. The van der Waals surface area contributed by atoms with Crippen LogP contribution in [-0.2, 0) is 25.9 Å². The number of carbonyl (C=O) groups excluding carboxylic acids is 1. The van der Waals surface area contributed by atoms with Gasteiger partial charge in [0.05, 0.1) is 30.7 Å². The van der Waals surface area contributed by atoms with E-state index >= 15 is 0 Å². The lowest BCUT2D eigenvalue weighted by Gasteiger charge is -2.12. The SMILES string of the molecule is COc1cc(CCc2n[nH]c(Cc3cccnc3)c2C(N)=O)c(CO)cc1C. The third-order valence-electron chi connectivity index (χ3n) is 4.78. The first-order valence-corrected chi connectivity index (χ1v) is 9.05. The number of rotatable bonds is 8. The van der Waals surface area contributed by atoms with E-state index in [1.807, 2.05) is 31.2 Å². The highest BCUT2D eigenvalue weighted by Crippen LogP contribution is 2.25. The number of aryl methyl sites for hydroxylation is 3. The summed E-state index contributed by atoms with van der Waals surface area (Å²) in [5.41, 5.74) is 11.1. The smallest absolute Gasteiger partial charge is 0.252 e. The molecule has 0 bridgehead atoms. The van der Waals surface area contributed by atoms with Crippen molar-refractivity contribution in [2.45, 2.75) is 32.8 Å². The predicted molar refractivity (Wildman–Crippen MR) is 105 cm³/mol. The molecule has 1 amide bonds. The number of nitrogens with zero attached hydrogens (tertiary/aromatic N) is 2. The quantitative estimate of drug-likeness (QED) is 0.554. The number of carbonyl (C=O) groups is 1. The van der Waals surface area contributed by atoms with Gasteiger partial charge in [-0.3, -0.25) is 14.9 Å². The Morgan fingerprint density at radius 2 is 2.11 bits per heavy atom. The minimum Gasteiger partial charge on any atom is -0.496 e. The molecule has 7 heteroatoms. The van der Waals surface area contributed by atoms with Gasteiger partial charge in [-0.25, -0.2) is 0 Å². The van der Waals surface area contributed by atoms with Gasteiger partial charge in [-0.05, 0) is 60.2 Å². The van der Waals surface area contributed by atoms with Crippen molar-refractivity contribution in [1.29, 1.82) is 0 Å². The molecule has 28 heavy (non-hydrogen) atoms. The number of benzene rings is 1. The number of primary amides is 1. The number of H-pyrrole nitrogens is 1. The van der Waals surface area contributed by atoms with E-state index in [1.165, 1.54) is 0 Å². The fourth-order valence-electron chi connectivity index (χ4n) is 3.37. The van der Waals surface area contributed by atoms with Gasteiger partial charge in [0, 0.05) is 18.8 Å². The molecule has 0 radical (unpaired) electrons. The Labute approximate surface area is 163 Å². The van der Waals surface area contributed by atoms with Crippen LogP contribution < -0.4 is 10.5 Å². The van der Waals surface area contributed by atoms with Crippen molar-refractivity contribution in [1.82, 2.24) is 15.2 Å². The Morgan fingerprint density at radius 1 is 1.29 bits per heavy atom. The monoisotopic (exact) mass is 380 g/mol. The molecule has 0 aliphatic rings. The van der Waals surface area contributed by atoms with Crippen LogP contribution in [0.2, 0.25) is 0 Å². The molecule has 2 aromatic heterocycles. The number of aliphatic hydroxyl groups is 1. The fourth-order valence-corrected chi connectivity index (χ4v) is 3.37. The molecule has 0 aliphatic heterocycles. The molecule has 0 unspecified atom stereocenters. The van der Waals surface area contributed by atoms with Crippen LogP contribution in [0.5, 0.6) is 5.75 Å². The second-order valence-electron chi connectivity index (χ2n) is 6.67. The maximum atomic E-state index is 12.1. The number of amides is 1. The van der Waals surface area contributed by atoms with Gasteiger partial charge < -0.3 is 15.6 Å². The number of pyridine rings is 1. The molecular weight excluding hydrogens is 356 g/mol. The van der Waals surface area contributed by atoms with Gasteiger partial charge in [-0.15, -0.1) is 0 Å². The normalized spacial score (nSPS) is 10.8. The van der Waals surface area contributed by atoms with Crippen molar-refractivity contribution in [3.8, 4) is 5.75 Å². The standard InChI is InChI=1S/C21H24N4O3/c1-13-8-16(12-26)15(10-19(13)28-2)5-6-17-20(21(22)27)18(25-24-17)9-14-4-3-7-23-11-14/h3-4,7-8,10-11,26H,5-6,9,12H2,1-2H3,(H2,22,27)(H,24,25). The summed E-state index contributed by atoms with van der Waals surface area (Å²) >= 11 is 0. The van der Waals surface area contributed by atoms with Gasteiger partial charge in [0.25, 0.3) is 5.91 Å². The van der Waals surface area contributed by atoms with E-state index in [0.29, 0.717) is 36.2 Å². The largest absolute Gasteiger partial charge is 0.496 e. The maximum Gasteiger partial charge on any atom is 0.252 e. The van der Waals surface area contributed by atoms with Gasteiger partial charge in [-0.1, -0.05) is 6.07 Å². The Kier molecular flexibility index (Phi) is 6.06. The summed E-state index contributed by atoms with van der Waals surface area (Å²) in [6, 6.07) is 7.62. The molecule has 0 atom stereocenters. The van der Waals surface area contributed by atoms with Crippen LogP contribution >= 0.6 is 0 Å². The van der Waals surface area contributed by atoms with Crippen molar-refractivity contribution >= 4 is 5.91 Å². The summed E-state index contributed by atoms with van der Waals surface area (Å²) in [5, 5.41) is 16.9. The van der Waals surface area contributed by atoms with E-state index in [1.54, 1.807) is 19.5 Å². The average Bonchev–Trinajstić information content (AvgIpc) is 3.10. The van der Waals surface area contributed by atoms with Crippen molar-refractivity contribution in [2.75, 3.05) is 7.11 Å². The molecular formula is C21H24N4O3. The molecule has 3 rings (SSSR count). The van der Waals surface area contributed by atoms with Crippen molar-refractivity contribution < 1.29 is 14.6 Å². The average molecular weight is 380 g/mol. The first-order valence-electron chi connectivity index (χ1n) is 9.05. The van der Waals surface area contributed by atoms with E-state index in [4.69, 9.17) is 10.5 Å². The summed E-state index contributed by atoms with van der Waals surface area (Å²) in [6.45, 7) is 1.88. The lowest BCUT2D eigenvalue weighted by Crippen LogP contribution is -2.15. The van der Waals surface area contributed by atoms with Crippen molar-refractivity contribution in [3.05, 3.63) is 75.9 Å². The minimum atomic E-state index is -0.508. The molecule has 4 N–H and O–H groups in total. The summed E-state index contributed by atoms with van der Waals surface area (Å²) in [7, 11) is 1.62. The number of hydrogen-bond donors (Lipinski definition) is 3. The highest BCUT2D eigenvalue weighted by Gasteiger charge is 2.19. The lowest BCUT2D eigenvalue weighted by atomic mass is 9.97. The van der Waals surface area contributed by atoms with Crippen molar-refractivity contribution in [3.63, 3.8) is 0 Å². The van der Waals surface area contributed by atoms with E-state index in [9.17, 15) is 9.90 Å². The zero-order valence-corrected chi connectivity index (χ0v) is 16.0. The molecule has 0 aliphatic carbocycles. The molecule has 0 saturated carbocycles. The first-order chi connectivity index (χ1) is 13.5. The van der Waals surface area contributed by atoms with Crippen LogP contribution in [0.15, 0.2) is 36.7 Å².